The maximum atomic E-state index is 6.51. The van der Waals surface area contributed by atoms with E-state index in [1.54, 1.807) is 0 Å². The van der Waals surface area contributed by atoms with Crippen molar-refractivity contribution in [1.82, 2.24) is 9.13 Å². The molecule has 5 heteroatoms. The number of hydrogen-bond acceptors (Lipinski definition) is 3. The van der Waals surface area contributed by atoms with Gasteiger partial charge in [0.1, 0.15) is 22.3 Å². The molecule has 0 N–H and O–H groups in total. The van der Waals surface area contributed by atoms with Crippen molar-refractivity contribution in [2.24, 2.45) is 0 Å². The molecule has 0 aliphatic rings. The molecule has 5 aromatic heterocycles. The number of rotatable bonds is 3. The van der Waals surface area contributed by atoms with Crippen molar-refractivity contribution in [2.75, 3.05) is 0 Å². The second-order valence-electron chi connectivity index (χ2n) is 15.6. The monoisotopic (exact) mass is 770 g/mol. The van der Waals surface area contributed by atoms with Gasteiger partial charge in [0.05, 0.1) is 32.5 Å². The van der Waals surface area contributed by atoms with Crippen LogP contribution in [0.15, 0.2) is 191 Å². The minimum absolute atomic E-state index is 0.895. The van der Waals surface area contributed by atoms with Gasteiger partial charge in [-0.2, -0.15) is 0 Å². The summed E-state index contributed by atoms with van der Waals surface area (Å²) in [5.74, 6) is 0. The molecule has 5 heterocycles. The molecule has 274 valence electrons. The molecule has 0 bridgehead atoms. The lowest BCUT2D eigenvalue weighted by atomic mass is 10.00. The van der Waals surface area contributed by atoms with Crippen molar-refractivity contribution in [3.63, 3.8) is 0 Å². The van der Waals surface area contributed by atoms with Gasteiger partial charge < -0.3 is 18.0 Å². The Hall–Kier alpha value is -7.60. The predicted molar refractivity (Wildman–Crippen MR) is 248 cm³/mol. The van der Waals surface area contributed by atoms with E-state index in [-0.39, 0.29) is 0 Å². The first-order valence-electron chi connectivity index (χ1n) is 20.0. The van der Waals surface area contributed by atoms with Crippen LogP contribution in [0.3, 0.4) is 0 Å². The van der Waals surface area contributed by atoms with E-state index in [1.807, 2.05) is 23.5 Å². The summed E-state index contributed by atoms with van der Waals surface area (Å²) in [5, 5.41) is 11.9. The van der Waals surface area contributed by atoms with Crippen LogP contribution in [0.4, 0.5) is 0 Å². The van der Waals surface area contributed by atoms with E-state index in [4.69, 9.17) is 8.83 Å². The molecule has 14 aromatic rings. The Morgan fingerprint density at radius 3 is 1.51 bits per heavy atom. The number of benzene rings is 9. The van der Waals surface area contributed by atoms with Crippen molar-refractivity contribution in [2.45, 2.75) is 0 Å². The maximum absolute atomic E-state index is 6.51. The molecule has 0 aliphatic carbocycles. The minimum Gasteiger partial charge on any atom is -0.456 e. The number of fused-ring (bicyclic) bond motifs is 15. The van der Waals surface area contributed by atoms with Gasteiger partial charge in [-0.3, -0.25) is 0 Å². The van der Waals surface area contributed by atoms with Crippen molar-refractivity contribution >= 4 is 119 Å². The normalized spacial score (nSPS) is 12.4. The van der Waals surface area contributed by atoms with Gasteiger partial charge in [-0.15, -0.1) is 11.3 Å². The molecule has 0 aliphatic heterocycles. The van der Waals surface area contributed by atoms with Gasteiger partial charge in [-0.1, -0.05) is 97.1 Å². The van der Waals surface area contributed by atoms with Crippen LogP contribution < -0.4 is 0 Å². The highest BCUT2D eigenvalue weighted by molar-refractivity contribution is 7.26. The summed E-state index contributed by atoms with van der Waals surface area (Å²) in [6.45, 7) is 0. The highest BCUT2D eigenvalue weighted by atomic mass is 32.1. The number of para-hydroxylation sites is 3. The Labute approximate surface area is 339 Å². The maximum Gasteiger partial charge on any atom is 0.137 e. The Morgan fingerprint density at radius 1 is 0.322 bits per heavy atom. The minimum atomic E-state index is 0.895. The molecule has 0 radical (unpaired) electrons. The average Bonchev–Trinajstić information content (AvgIpc) is 4.09. The van der Waals surface area contributed by atoms with Gasteiger partial charge in [0, 0.05) is 76.4 Å². The lowest BCUT2D eigenvalue weighted by Gasteiger charge is -2.10. The molecular formula is C54H30N2O2S. The fourth-order valence-corrected chi connectivity index (χ4v) is 11.1. The molecule has 4 nitrogen and oxygen atoms in total. The summed E-state index contributed by atoms with van der Waals surface area (Å²) in [4.78, 5) is 0. The molecule has 0 fully saturated rings. The van der Waals surface area contributed by atoms with Gasteiger partial charge in [-0.25, -0.2) is 0 Å². The second-order valence-corrected chi connectivity index (χ2v) is 16.7. The molecular weight excluding hydrogens is 741 g/mol. The van der Waals surface area contributed by atoms with Crippen LogP contribution in [0, 0.1) is 0 Å². The highest BCUT2D eigenvalue weighted by Crippen LogP contribution is 2.45. The van der Waals surface area contributed by atoms with Gasteiger partial charge in [0.15, 0.2) is 0 Å². The molecule has 0 atom stereocenters. The zero-order valence-corrected chi connectivity index (χ0v) is 32.3. The Kier molecular flexibility index (Phi) is 6.14. The quantitative estimate of drug-likeness (QED) is 0.179. The van der Waals surface area contributed by atoms with Gasteiger partial charge in [-0.05, 0) is 83.9 Å². The molecule has 14 rings (SSSR count). The highest BCUT2D eigenvalue weighted by Gasteiger charge is 2.21. The van der Waals surface area contributed by atoms with Crippen molar-refractivity contribution in [1.29, 1.82) is 0 Å². The Bertz CT molecular complexity index is 4080. The van der Waals surface area contributed by atoms with Crippen molar-refractivity contribution in [3.8, 4) is 22.5 Å². The SMILES string of the molecule is c1ccc(-n2c3ccc(-c4ccc5c(c4)c4cc6c(cc4n5-c4cccc5c4sc4ccccc45)oc4ccccc46)cc3c3cc4c(cc32)oc2ccccc24)cc1. The molecule has 0 unspecified atom stereocenters. The Morgan fingerprint density at radius 2 is 0.847 bits per heavy atom. The number of thiophene rings is 1. The number of nitrogens with zero attached hydrogens (tertiary/aromatic N) is 2. The Balaban J connectivity index is 1.05. The standard InChI is InChI=1S/C54H30N2O2S/c1-2-11-33(12-3-1)55-44-23-21-31(25-38(44)40-27-42-34-13-4-7-18-49(34)57-51(42)29-47(40)55)32-22-24-45-39(26-32)41-28-43-35-14-5-8-19-50(35)58-52(43)30-48(41)56(45)46-17-10-16-37-36-15-6-9-20-53(36)59-54(37)46/h1-30H. The van der Waals surface area contributed by atoms with E-state index in [2.05, 4.69) is 179 Å². The van der Waals surface area contributed by atoms with Crippen LogP contribution in [0.5, 0.6) is 0 Å². The molecule has 0 saturated carbocycles. The smallest absolute Gasteiger partial charge is 0.137 e. The van der Waals surface area contributed by atoms with E-state index >= 15 is 0 Å². The summed E-state index contributed by atoms with van der Waals surface area (Å²) >= 11 is 1.86. The van der Waals surface area contributed by atoms with E-state index in [1.165, 1.54) is 64.0 Å². The zero-order chi connectivity index (χ0) is 38.3. The van der Waals surface area contributed by atoms with Crippen molar-refractivity contribution < 1.29 is 8.83 Å². The molecule has 9 aromatic carbocycles. The third kappa shape index (κ3) is 4.32. The fraction of sp³-hybridized carbons (Fsp3) is 0. The average molecular weight is 771 g/mol. The van der Waals surface area contributed by atoms with E-state index in [0.29, 0.717) is 0 Å². The fourth-order valence-electron chi connectivity index (χ4n) is 9.86. The van der Waals surface area contributed by atoms with Crippen LogP contribution in [-0.2, 0) is 0 Å². The first kappa shape index (κ1) is 31.5. The van der Waals surface area contributed by atoms with Crippen LogP contribution in [0.1, 0.15) is 0 Å². The van der Waals surface area contributed by atoms with Crippen LogP contribution >= 0.6 is 11.3 Å². The van der Waals surface area contributed by atoms with E-state index in [9.17, 15) is 0 Å². The van der Waals surface area contributed by atoms with Crippen LogP contribution in [0.2, 0.25) is 0 Å². The largest absolute Gasteiger partial charge is 0.456 e. The summed E-state index contributed by atoms with van der Waals surface area (Å²) in [6, 6.07) is 65.9. The first-order chi connectivity index (χ1) is 29.2. The third-order valence-corrected chi connectivity index (χ3v) is 13.7. The third-order valence-electron chi connectivity index (χ3n) is 12.5. The molecule has 59 heavy (non-hydrogen) atoms. The summed E-state index contributed by atoms with van der Waals surface area (Å²) in [5.41, 5.74) is 12.8. The predicted octanol–water partition coefficient (Wildman–Crippen LogP) is 15.7. The lowest BCUT2D eigenvalue weighted by molar-refractivity contribution is 0.669. The van der Waals surface area contributed by atoms with Gasteiger partial charge in [0.2, 0.25) is 0 Å². The van der Waals surface area contributed by atoms with E-state index < -0.39 is 0 Å². The lowest BCUT2D eigenvalue weighted by Crippen LogP contribution is -1.94. The second kappa shape index (κ2) is 11.5. The summed E-state index contributed by atoms with van der Waals surface area (Å²) in [7, 11) is 0. The number of hydrogen-bond donors (Lipinski definition) is 0. The van der Waals surface area contributed by atoms with Crippen molar-refractivity contribution in [3.05, 3.63) is 182 Å². The first-order valence-corrected chi connectivity index (χ1v) is 20.8. The summed E-state index contributed by atoms with van der Waals surface area (Å²) in [6.07, 6.45) is 0. The molecule has 0 amide bonds. The zero-order valence-electron chi connectivity index (χ0n) is 31.4. The van der Waals surface area contributed by atoms with Crippen LogP contribution in [0.25, 0.3) is 130 Å². The summed E-state index contributed by atoms with van der Waals surface area (Å²) < 4.78 is 20.3. The molecule has 0 spiro atoms. The number of furan rings is 2. The topological polar surface area (TPSA) is 36.1 Å². The number of aromatic nitrogens is 2. The van der Waals surface area contributed by atoms with Gasteiger partial charge in [0.25, 0.3) is 0 Å². The van der Waals surface area contributed by atoms with E-state index in [0.717, 1.165) is 66.1 Å². The molecule has 0 saturated heterocycles. The van der Waals surface area contributed by atoms with Gasteiger partial charge >= 0.3 is 0 Å². The van der Waals surface area contributed by atoms with Crippen LogP contribution in [-0.4, -0.2) is 9.13 Å².